The van der Waals surface area contributed by atoms with Gasteiger partial charge in [0, 0.05) is 25.2 Å². The van der Waals surface area contributed by atoms with Crippen molar-refractivity contribution in [2.24, 2.45) is 0 Å². The second-order valence-electron chi connectivity index (χ2n) is 6.96. The van der Waals surface area contributed by atoms with Crippen LogP contribution in [-0.2, 0) is 14.8 Å². The van der Waals surface area contributed by atoms with Gasteiger partial charge in [-0.2, -0.15) is 0 Å². The zero-order valence-electron chi connectivity index (χ0n) is 14.1. The van der Waals surface area contributed by atoms with Crippen molar-refractivity contribution in [3.05, 3.63) is 18.1 Å². The summed E-state index contributed by atoms with van der Waals surface area (Å²) in [7, 11) is -3.22. The van der Waals surface area contributed by atoms with Crippen LogP contribution in [0.1, 0.15) is 38.3 Å². The number of carbonyl (C=O) groups excluding carboxylic acids is 1. The third-order valence-electron chi connectivity index (χ3n) is 4.48. The Morgan fingerprint density at radius 1 is 1.33 bits per heavy atom. The van der Waals surface area contributed by atoms with Crippen LogP contribution in [0.5, 0.6) is 0 Å². The molecule has 0 radical (unpaired) electrons. The Morgan fingerprint density at radius 2 is 2.08 bits per heavy atom. The Hall–Kier alpha value is -1.74. The first kappa shape index (κ1) is 17.1. The van der Waals surface area contributed by atoms with Gasteiger partial charge >= 0.3 is 6.09 Å². The van der Waals surface area contributed by atoms with E-state index in [2.05, 4.69) is 9.97 Å². The number of cyclic esters (lactones) is 1. The Morgan fingerprint density at radius 3 is 2.71 bits per heavy atom. The number of amides is 1. The topological polar surface area (TPSA) is 92.7 Å². The molecule has 0 unspecified atom stereocenters. The van der Waals surface area contributed by atoms with Crippen LogP contribution in [0.4, 0.5) is 10.6 Å². The van der Waals surface area contributed by atoms with Gasteiger partial charge in [0.15, 0.2) is 5.82 Å². The van der Waals surface area contributed by atoms with E-state index < -0.39 is 21.7 Å². The summed E-state index contributed by atoms with van der Waals surface area (Å²) >= 11 is 0. The highest BCUT2D eigenvalue weighted by Crippen LogP contribution is 2.31. The molecule has 132 valence electrons. The van der Waals surface area contributed by atoms with E-state index in [0.29, 0.717) is 31.2 Å². The highest BCUT2D eigenvalue weighted by molar-refractivity contribution is 7.88. The van der Waals surface area contributed by atoms with Crippen LogP contribution < -0.4 is 4.90 Å². The average molecular weight is 354 g/mol. The molecule has 1 aromatic heterocycles. The molecule has 3 rings (SSSR count). The molecule has 24 heavy (non-hydrogen) atoms. The van der Waals surface area contributed by atoms with Crippen molar-refractivity contribution in [1.29, 1.82) is 0 Å². The number of piperidine rings is 1. The Bertz CT molecular complexity index is 750. The molecule has 1 atom stereocenters. The van der Waals surface area contributed by atoms with Crippen molar-refractivity contribution in [3.63, 3.8) is 0 Å². The molecule has 2 aliphatic heterocycles. The number of ether oxygens (including phenoxy) is 1. The molecule has 9 heteroatoms. The molecule has 0 aliphatic carbocycles. The van der Waals surface area contributed by atoms with Gasteiger partial charge < -0.3 is 4.74 Å². The summed E-state index contributed by atoms with van der Waals surface area (Å²) < 4.78 is 30.2. The molecule has 1 aromatic rings. The minimum atomic E-state index is -3.22. The first-order valence-corrected chi connectivity index (χ1v) is 9.77. The van der Waals surface area contributed by atoms with Gasteiger partial charge in [-0.05, 0) is 26.7 Å². The lowest BCUT2D eigenvalue weighted by atomic mass is 9.96. The van der Waals surface area contributed by atoms with Crippen LogP contribution in [0.25, 0.3) is 0 Å². The lowest BCUT2D eigenvalue weighted by Crippen LogP contribution is -2.43. The van der Waals surface area contributed by atoms with Crippen LogP contribution >= 0.6 is 0 Å². The van der Waals surface area contributed by atoms with Crippen molar-refractivity contribution >= 4 is 21.9 Å². The monoisotopic (exact) mass is 354 g/mol. The predicted octanol–water partition coefficient (Wildman–Crippen LogP) is 1.35. The van der Waals surface area contributed by atoms with E-state index in [0.717, 1.165) is 12.8 Å². The quantitative estimate of drug-likeness (QED) is 0.813. The smallest absolute Gasteiger partial charge is 0.416 e. The molecular weight excluding hydrogens is 332 g/mol. The molecule has 2 fully saturated rings. The van der Waals surface area contributed by atoms with Gasteiger partial charge in [-0.3, -0.25) is 9.88 Å². The molecule has 0 bridgehead atoms. The first-order valence-electron chi connectivity index (χ1n) is 7.92. The van der Waals surface area contributed by atoms with E-state index in [9.17, 15) is 13.2 Å². The molecule has 0 spiro atoms. The van der Waals surface area contributed by atoms with Crippen molar-refractivity contribution in [2.75, 3.05) is 30.9 Å². The molecule has 2 aliphatic rings. The van der Waals surface area contributed by atoms with Gasteiger partial charge in [0.05, 0.1) is 23.7 Å². The van der Waals surface area contributed by atoms with E-state index in [-0.39, 0.29) is 5.92 Å². The van der Waals surface area contributed by atoms with Crippen molar-refractivity contribution < 1.29 is 17.9 Å². The number of carbonyl (C=O) groups is 1. The fourth-order valence-electron chi connectivity index (χ4n) is 3.18. The number of hydrogen-bond donors (Lipinski definition) is 0. The molecule has 2 saturated heterocycles. The summed E-state index contributed by atoms with van der Waals surface area (Å²) in [6, 6.07) is 0. The molecular formula is C15H22N4O4S. The van der Waals surface area contributed by atoms with Gasteiger partial charge in [0.2, 0.25) is 10.0 Å². The number of aromatic nitrogens is 2. The molecule has 0 N–H and O–H groups in total. The summed E-state index contributed by atoms with van der Waals surface area (Å²) in [5, 5.41) is 0. The maximum Gasteiger partial charge on any atom is 0.416 e. The van der Waals surface area contributed by atoms with E-state index >= 15 is 0 Å². The molecule has 8 nitrogen and oxygen atoms in total. The summed E-state index contributed by atoms with van der Waals surface area (Å²) in [4.78, 5) is 22.3. The van der Waals surface area contributed by atoms with E-state index in [4.69, 9.17) is 4.74 Å². The van der Waals surface area contributed by atoms with Gasteiger partial charge in [0.25, 0.3) is 0 Å². The fourth-order valence-corrected chi connectivity index (χ4v) is 4.09. The fraction of sp³-hybridized carbons (Fsp3) is 0.667. The number of anilines is 1. The summed E-state index contributed by atoms with van der Waals surface area (Å²) in [5.74, 6) is 0.416. The van der Waals surface area contributed by atoms with Crippen LogP contribution in [-0.4, -0.2) is 60.3 Å². The second-order valence-corrected chi connectivity index (χ2v) is 8.95. The normalized spacial score (nSPS) is 24.9. The summed E-state index contributed by atoms with van der Waals surface area (Å²) in [6.07, 6.45) is 5.59. The molecule has 0 saturated carbocycles. The highest BCUT2D eigenvalue weighted by Gasteiger charge is 2.42. The zero-order valence-corrected chi connectivity index (χ0v) is 14.9. The third-order valence-corrected chi connectivity index (χ3v) is 5.75. The highest BCUT2D eigenvalue weighted by atomic mass is 32.2. The SMILES string of the molecule is CC1(C)COC(=O)N1c1cncc([C@@H]2CCCN(S(C)(=O)=O)C2)n1. The van der Waals surface area contributed by atoms with Crippen molar-refractivity contribution in [1.82, 2.24) is 14.3 Å². The molecule has 0 aromatic carbocycles. The van der Waals surface area contributed by atoms with E-state index in [1.165, 1.54) is 21.7 Å². The predicted molar refractivity (Wildman–Crippen MR) is 88.3 cm³/mol. The van der Waals surface area contributed by atoms with Gasteiger partial charge in [-0.25, -0.2) is 22.5 Å². The molecule has 1 amide bonds. The molecule has 3 heterocycles. The second kappa shape index (κ2) is 5.96. The van der Waals surface area contributed by atoms with Crippen LogP contribution in [0.2, 0.25) is 0 Å². The number of hydrogen-bond acceptors (Lipinski definition) is 6. The minimum absolute atomic E-state index is 0.0253. The van der Waals surface area contributed by atoms with Gasteiger partial charge in [-0.1, -0.05) is 0 Å². The summed E-state index contributed by atoms with van der Waals surface area (Å²) in [5.41, 5.74) is 0.215. The van der Waals surface area contributed by atoms with Crippen molar-refractivity contribution in [2.45, 2.75) is 38.1 Å². The minimum Gasteiger partial charge on any atom is -0.447 e. The zero-order chi connectivity index (χ0) is 17.5. The van der Waals surface area contributed by atoms with E-state index in [1.807, 2.05) is 13.8 Å². The Kier molecular flexibility index (Phi) is 4.25. The van der Waals surface area contributed by atoms with Crippen LogP contribution in [0, 0.1) is 0 Å². The Labute approximate surface area is 141 Å². The number of rotatable bonds is 3. The number of nitrogens with zero attached hydrogens (tertiary/aromatic N) is 4. The third kappa shape index (κ3) is 3.23. The summed E-state index contributed by atoms with van der Waals surface area (Å²) in [6.45, 7) is 5.03. The van der Waals surface area contributed by atoms with Crippen LogP contribution in [0.3, 0.4) is 0 Å². The Balaban J connectivity index is 1.87. The van der Waals surface area contributed by atoms with E-state index in [1.54, 1.807) is 6.20 Å². The maximum atomic E-state index is 12.0. The average Bonchev–Trinajstić information content (AvgIpc) is 2.80. The largest absolute Gasteiger partial charge is 0.447 e. The number of sulfonamides is 1. The first-order chi connectivity index (χ1) is 11.2. The van der Waals surface area contributed by atoms with Gasteiger partial charge in [-0.15, -0.1) is 0 Å². The van der Waals surface area contributed by atoms with Crippen molar-refractivity contribution in [3.8, 4) is 0 Å². The van der Waals surface area contributed by atoms with Crippen LogP contribution in [0.15, 0.2) is 12.4 Å². The lowest BCUT2D eigenvalue weighted by Gasteiger charge is -2.31. The van der Waals surface area contributed by atoms with Gasteiger partial charge in [0.1, 0.15) is 6.61 Å². The maximum absolute atomic E-state index is 12.0. The standard InChI is InChI=1S/C15H22N4O4S/c1-15(2)10-23-14(20)19(15)13-8-16-7-12(17-13)11-5-4-6-18(9-11)24(3,21)22/h7-8,11H,4-6,9-10H2,1-3H3/t11-/m1/s1. The lowest BCUT2D eigenvalue weighted by molar-refractivity contribution is 0.175.